The maximum Gasteiger partial charge on any atom is 0.311 e. The number of hydrogen-bond donors (Lipinski definition) is 2. The number of benzene rings is 1. The predicted octanol–water partition coefficient (Wildman–Crippen LogP) is 2.76. The zero-order valence-corrected chi connectivity index (χ0v) is 13.4. The van der Waals surface area contributed by atoms with Crippen LogP contribution >= 0.6 is 15.9 Å². The van der Waals surface area contributed by atoms with Gasteiger partial charge in [0.2, 0.25) is 0 Å². The van der Waals surface area contributed by atoms with Crippen LogP contribution in [0, 0.1) is 5.92 Å². The van der Waals surface area contributed by atoms with E-state index in [9.17, 15) is 9.90 Å². The van der Waals surface area contributed by atoms with Gasteiger partial charge < -0.3 is 10.4 Å². The summed E-state index contributed by atoms with van der Waals surface area (Å²) in [6.45, 7) is 1.58. The molecule has 2 aliphatic heterocycles. The van der Waals surface area contributed by atoms with Gasteiger partial charge >= 0.3 is 5.97 Å². The van der Waals surface area contributed by atoms with E-state index in [0.717, 1.165) is 17.4 Å². The fourth-order valence-corrected chi connectivity index (χ4v) is 4.49. The maximum absolute atomic E-state index is 11.4. The van der Waals surface area contributed by atoms with Crippen LogP contribution < -0.4 is 5.32 Å². The van der Waals surface area contributed by atoms with Crippen molar-refractivity contribution in [3.63, 3.8) is 0 Å². The van der Waals surface area contributed by atoms with Crippen molar-refractivity contribution in [2.24, 2.45) is 5.92 Å². The number of nitrogens with zero attached hydrogens (tertiary/aromatic N) is 1. The van der Waals surface area contributed by atoms with E-state index in [2.05, 4.69) is 38.3 Å². The minimum absolute atomic E-state index is 0.333. The van der Waals surface area contributed by atoms with Gasteiger partial charge in [-0.3, -0.25) is 9.69 Å². The van der Waals surface area contributed by atoms with Crippen LogP contribution in [0.25, 0.3) is 5.57 Å². The van der Waals surface area contributed by atoms with Gasteiger partial charge in [-0.15, -0.1) is 0 Å². The minimum Gasteiger partial charge on any atom is -0.481 e. The number of likely N-dealkylation sites (N-methyl/N-ethyl adjacent to an activating group) is 1. The highest BCUT2D eigenvalue weighted by Crippen LogP contribution is 2.49. The molecule has 4 rings (SSSR count). The molecule has 1 aromatic carbocycles. The summed E-state index contributed by atoms with van der Waals surface area (Å²) in [7, 11) is 2.04. The molecule has 5 heteroatoms. The Morgan fingerprint density at radius 1 is 1.48 bits per heavy atom. The number of carbonyl (C=O) groups is 1. The number of rotatable bonds is 1. The van der Waals surface area contributed by atoms with Gasteiger partial charge in [-0.1, -0.05) is 22.0 Å². The Labute approximate surface area is 132 Å². The molecule has 1 aliphatic carbocycles. The van der Waals surface area contributed by atoms with Crippen LogP contribution in [-0.2, 0) is 4.79 Å². The van der Waals surface area contributed by atoms with Gasteiger partial charge in [-0.25, -0.2) is 0 Å². The second kappa shape index (κ2) is 4.58. The van der Waals surface area contributed by atoms with Gasteiger partial charge in [0, 0.05) is 35.2 Å². The molecular formula is C16H17BrN2O2. The first-order chi connectivity index (χ1) is 10.0. The third kappa shape index (κ3) is 1.94. The lowest BCUT2D eigenvalue weighted by Crippen LogP contribution is -2.44. The van der Waals surface area contributed by atoms with Gasteiger partial charge in [-0.05, 0) is 42.3 Å². The van der Waals surface area contributed by atoms with Gasteiger partial charge in [-0.2, -0.15) is 0 Å². The molecule has 0 fully saturated rings. The van der Waals surface area contributed by atoms with Crippen molar-refractivity contribution in [1.29, 1.82) is 0 Å². The van der Waals surface area contributed by atoms with Crippen molar-refractivity contribution in [2.75, 3.05) is 25.5 Å². The number of nitrogens with one attached hydrogen (secondary N) is 1. The molecule has 0 radical (unpaired) electrons. The maximum atomic E-state index is 11.4. The average Bonchev–Trinajstić information content (AvgIpc) is 2.83. The first-order valence-electron chi connectivity index (χ1n) is 7.27. The Hall–Kier alpha value is -1.33. The molecular weight excluding hydrogens is 332 g/mol. The van der Waals surface area contributed by atoms with Crippen molar-refractivity contribution in [3.8, 4) is 0 Å². The van der Waals surface area contributed by atoms with E-state index in [0.29, 0.717) is 18.5 Å². The fourth-order valence-electron chi connectivity index (χ4n) is 4.03. The van der Waals surface area contributed by atoms with Crippen LogP contribution in [0.1, 0.15) is 23.5 Å². The van der Waals surface area contributed by atoms with Crippen molar-refractivity contribution in [2.45, 2.75) is 18.4 Å². The normalized spacial score (nSPS) is 30.2. The summed E-state index contributed by atoms with van der Waals surface area (Å²) < 4.78 is 1.05. The molecule has 0 saturated heterocycles. The van der Waals surface area contributed by atoms with Crippen molar-refractivity contribution in [3.05, 3.63) is 33.8 Å². The van der Waals surface area contributed by atoms with E-state index in [-0.39, 0.29) is 0 Å². The number of fused-ring (bicyclic) bond motifs is 2. The third-order valence-electron chi connectivity index (χ3n) is 4.98. The molecule has 0 aromatic heterocycles. The Kier molecular flexibility index (Phi) is 2.91. The van der Waals surface area contributed by atoms with E-state index in [1.54, 1.807) is 0 Å². The number of carboxylic acids is 1. The molecule has 0 bridgehead atoms. The molecule has 2 N–H and O–H groups in total. The monoisotopic (exact) mass is 348 g/mol. The van der Waals surface area contributed by atoms with Crippen molar-refractivity contribution in [1.82, 2.24) is 4.90 Å². The summed E-state index contributed by atoms with van der Waals surface area (Å²) in [6.07, 6.45) is 3.05. The van der Waals surface area contributed by atoms with Crippen LogP contribution in [0.4, 0.5) is 5.69 Å². The van der Waals surface area contributed by atoms with Crippen LogP contribution in [0.3, 0.4) is 0 Å². The first-order valence-corrected chi connectivity index (χ1v) is 8.06. The highest BCUT2D eigenvalue weighted by molar-refractivity contribution is 9.10. The lowest BCUT2D eigenvalue weighted by atomic mass is 9.74. The highest BCUT2D eigenvalue weighted by Gasteiger charge is 2.40. The Morgan fingerprint density at radius 2 is 2.29 bits per heavy atom. The molecule has 3 atom stereocenters. The lowest BCUT2D eigenvalue weighted by molar-refractivity contribution is -0.140. The van der Waals surface area contributed by atoms with E-state index in [1.807, 2.05) is 13.1 Å². The third-order valence-corrected chi connectivity index (χ3v) is 5.44. The summed E-state index contributed by atoms with van der Waals surface area (Å²) in [5.41, 5.74) is 4.99. The average molecular weight is 349 g/mol. The number of aliphatic carboxylic acids is 1. The smallest absolute Gasteiger partial charge is 0.311 e. The molecule has 1 unspecified atom stereocenters. The van der Waals surface area contributed by atoms with Crippen LogP contribution in [0.5, 0.6) is 0 Å². The fraction of sp³-hybridized carbons (Fsp3) is 0.438. The van der Waals surface area contributed by atoms with Gasteiger partial charge in [0.1, 0.15) is 0 Å². The Balaban J connectivity index is 1.91. The second-order valence-corrected chi connectivity index (χ2v) is 7.17. The van der Waals surface area contributed by atoms with Crippen molar-refractivity contribution < 1.29 is 9.90 Å². The van der Waals surface area contributed by atoms with Crippen molar-refractivity contribution >= 4 is 33.2 Å². The van der Waals surface area contributed by atoms with Gasteiger partial charge in [0.05, 0.1) is 5.92 Å². The number of carboxylic acid groups (broad SMARTS) is 1. The molecule has 110 valence electrons. The summed E-state index contributed by atoms with van der Waals surface area (Å²) in [5.74, 6) is -0.615. The summed E-state index contributed by atoms with van der Waals surface area (Å²) in [4.78, 5) is 13.6. The van der Waals surface area contributed by atoms with Gasteiger partial charge in [0.15, 0.2) is 0 Å². The standard InChI is InChI=1S/C16H17BrN2O2/c1-19-7-9(16(20)21)2-11-12-4-10(17)5-13-15(12)8(6-18-13)3-14(11)19/h2,4-5,8-9,14,18H,3,6-7H2,1H3,(H,20,21)/t8?,9-,14-/m1/s1. The van der Waals surface area contributed by atoms with E-state index in [1.165, 1.54) is 22.4 Å². The predicted molar refractivity (Wildman–Crippen MR) is 85.5 cm³/mol. The number of hydrogen-bond acceptors (Lipinski definition) is 3. The second-order valence-electron chi connectivity index (χ2n) is 6.25. The number of anilines is 1. The SMILES string of the molecule is CN1C[C@H](C(=O)O)C=C2c3cc(Br)cc4c3C(CN4)C[C@H]21. The highest BCUT2D eigenvalue weighted by atomic mass is 79.9. The van der Waals surface area contributed by atoms with Gasteiger partial charge in [0.25, 0.3) is 0 Å². The quantitative estimate of drug-likeness (QED) is 0.819. The zero-order chi connectivity index (χ0) is 14.7. The molecule has 2 heterocycles. The van der Waals surface area contributed by atoms with E-state index < -0.39 is 11.9 Å². The lowest BCUT2D eigenvalue weighted by Gasteiger charge is -2.41. The largest absolute Gasteiger partial charge is 0.481 e. The Bertz CT molecular complexity index is 670. The molecule has 0 saturated carbocycles. The molecule has 4 nitrogen and oxygen atoms in total. The zero-order valence-electron chi connectivity index (χ0n) is 11.8. The van der Waals surface area contributed by atoms with Crippen LogP contribution in [0.15, 0.2) is 22.7 Å². The molecule has 0 spiro atoms. The molecule has 3 aliphatic rings. The molecule has 1 aromatic rings. The summed E-state index contributed by atoms with van der Waals surface area (Å²) >= 11 is 3.58. The first kappa shape index (κ1) is 13.3. The Morgan fingerprint density at radius 3 is 3.05 bits per heavy atom. The van der Waals surface area contributed by atoms with Crippen LogP contribution in [-0.4, -0.2) is 42.2 Å². The number of halogens is 1. The topological polar surface area (TPSA) is 52.6 Å². The molecule has 21 heavy (non-hydrogen) atoms. The molecule has 0 amide bonds. The minimum atomic E-state index is -0.736. The van der Waals surface area contributed by atoms with Crippen LogP contribution in [0.2, 0.25) is 0 Å². The summed E-state index contributed by atoms with van der Waals surface area (Å²) in [6, 6.07) is 4.61. The van der Waals surface area contributed by atoms with E-state index >= 15 is 0 Å². The summed E-state index contributed by atoms with van der Waals surface area (Å²) in [5, 5.41) is 12.9. The van der Waals surface area contributed by atoms with E-state index in [4.69, 9.17) is 0 Å².